The van der Waals surface area contributed by atoms with Gasteiger partial charge in [0.25, 0.3) is 11.8 Å². The van der Waals surface area contributed by atoms with Crippen molar-refractivity contribution in [2.24, 2.45) is 0 Å². The minimum Gasteiger partial charge on any atom is -0.449 e. The molecule has 168 valence electrons. The number of anilines is 1. The van der Waals surface area contributed by atoms with Crippen molar-refractivity contribution in [3.05, 3.63) is 65.2 Å². The number of imide groups is 1. The molecule has 0 spiro atoms. The third-order valence-electron chi connectivity index (χ3n) is 4.89. The summed E-state index contributed by atoms with van der Waals surface area (Å²) in [6, 6.07) is 9.33. The lowest BCUT2D eigenvalue weighted by molar-refractivity contribution is -0.137. The van der Waals surface area contributed by atoms with Crippen LogP contribution >= 0.6 is 0 Å². The van der Waals surface area contributed by atoms with Crippen LogP contribution in [0.4, 0.5) is 23.7 Å². The van der Waals surface area contributed by atoms with Gasteiger partial charge >= 0.3 is 18.2 Å². The molecule has 2 aromatic carbocycles. The number of ether oxygens (including phenoxy) is 1. The smallest absolute Gasteiger partial charge is 0.418 e. The van der Waals surface area contributed by atoms with Crippen LogP contribution in [0.1, 0.15) is 35.3 Å². The number of carbonyl (C=O) groups excluding carboxylic acids is 4. The van der Waals surface area contributed by atoms with Gasteiger partial charge < -0.3 is 15.4 Å². The van der Waals surface area contributed by atoms with Crippen LogP contribution in [0.15, 0.2) is 48.5 Å². The predicted molar refractivity (Wildman–Crippen MR) is 105 cm³/mol. The second-order valence-electron chi connectivity index (χ2n) is 7.19. The summed E-state index contributed by atoms with van der Waals surface area (Å²) in [5.41, 5.74) is -2.34. The van der Waals surface area contributed by atoms with E-state index in [-0.39, 0.29) is 5.56 Å². The lowest BCUT2D eigenvalue weighted by Crippen LogP contribution is -2.40. The summed E-state index contributed by atoms with van der Waals surface area (Å²) in [5, 5.41) is 6.71. The molecule has 4 amide bonds. The fraction of sp³-hybridized carbons (Fsp3) is 0.238. The number of benzene rings is 2. The van der Waals surface area contributed by atoms with Gasteiger partial charge in [0, 0.05) is 0 Å². The molecule has 0 saturated carbocycles. The van der Waals surface area contributed by atoms with E-state index in [9.17, 15) is 32.3 Å². The molecule has 1 saturated heterocycles. The zero-order valence-corrected chi connectivity index (χ0v) is 16.9. The molecule has 1 aliphatic rings. The number of alkyl halides is 3. The number of rotatable bonds is 5. The van der Waals surface area contributed by atoms with Gasteiger partial charge in [0.1, 0.15) is 5.54 Å². The minimum atomic E-state index is -4.67. The Bertz CT molecular complexity index is 1080. The molecular formula is C21H18F3N3O5. The van der Waals surface area contributed by atoms with Crippen LogP contribution in [0.3, 0.4) is 0 Å². The molecule has 8 nitrogen and oxygen atoms in total. The quantitative estimate of drug-likeness (QED) is 0.480. The van der Waals surface area contributed by atoms with E-state index in [4.69, 9.17) is 4.74 Å². The van der Waals surface area contributed by atoms with Crippen molar-refractivity contribution in [2.75, 3.05) is 5.32 Å². The number of halogens is 3. The molecule has 11 heteroatoms. The van der Waals surface area contributed by atoms with Gasteiger partial charge in [0.2, 0.25) is 0 Å². The average Bonchev–Trinajstić information content (AvgIpc) is 3.00. The van der Waals surface area contributed by atoms with E-state index in [0.717, 1.165) is 12.1 Å². The Morgan fingerprint density at radius 3 is 2.25 bits per heavy atom. The van der Waals surface area contributed by atoms with Crippen LogP contribution < -0.4 is 16.0 Å². The van der Waals surface area contributed by atoms with Crippen LogP contribution in [0.2, 0.25) is 0 Å². The second kappa shape index (κ2) is 8.33. The highest BCUT2D eigenvalue weighted by Gasteiger charge is 2.43. The van der Waals surface area contributed by atoms with E-state index in [1.165, 1.54) is 50.2 Å². The molecule has 3 N–H and O–H groups in total. The molecule has 0 bridgehead atoms. The van der Waals surface area contributed by atoms with Gasteiger partial charge in [-0.3, -0.25) is 14.9 Å². The van der Waals surface area contributed by atoms with Crippen LogP contribution in [-0.4, -0.2) is 29.9 Å². The van der Waals surface area contributed by atoms with E-state index in [0.29, 0.717) is 5.56 Å². The third-order valence-corrected chi connectivity index (χ3v) is 4.89. The first-order valence-electron chi connectivity index (χ1n) is 9.34. The van der Waals surface area contributed by atoms with Crippen molar-refractivity contribution in [1.29, 1.82) is 0 Å². The van der Waals surface area contributed by atoms with Gasteiger partial charge in [-0.05, 0) is 43.7 Å². The predicted octanol–water partition coefficient (Wildman–Crippen LogP) is 2.94. The third kappa shape index (κ3) is 4.56. The Hall–Kier alpha value is -3.89. The molecule has 3 rings (SSSR count). The molecule has 1 heterocycles. The SMILES string of the molecule is C[C@@H](OC(=O)c1ccc([C@]2(C)NC(=O)NC2=O)cc1)C(=O)Nc1ccccc1C(F)(F)F. The maximum atomic E-state index is 13.1. The number of hydrogen-bond acceptors (Lipinski definition) is 5. The maximum absolute atomic E-state index is 13.1. The van der Waals surface area contributed by atoms with Crippen molar-refractivity contribution in [1.82, 2.24) is 10.6 Å². The molecule has 0 unspecified atom stereocenters. The molecule has 32 heavy (non-hydrogen) atoms. The van der Waals surface area contributed by atoms with E-state index in [1.807, 2.05) is 0 Å². The first-order valence-corrected chi connectivity index (χ1v) is 9.34. The molecule has 2 atom stereocenters. The zero-order valence-electron chi connectivity index (χ0n) is 16.9. The Morgan fingerprint density at radius 1 is 1.06 bits per heavy atom. The zero-order chi connectivity index (χ0) is 23.7. The summed E-state index contributed by atoms with van der Waals surface area (Å²) >= 11 is 0. The standard InChI is InChI=1S/C21H18F3N3O5/c1-11(16(28)25-15-6-4-3-5-14(15)21(22,23)24)32-17(29)12-7-9-13(10-8-12)20(2)18(30)26-19(31)27-20/h3-11H,1-2H3,(H,25,28)(H2,26,27,30,31)/t11-,20+/m1/s1. The number of amides is 4. The summed E-state index contributed by atoms with van der Waals surface area (Å²) in [6.07, 6.45) is -6.06. The molecular weight excluding hydrogens is 431 g/mol. The number of esters is 1. The van der Waals surface area contributed by atoms with E-state index in [1.54, 1.807) is 0 Å². The molecule has 1 fully saturated rings. The first kappa shape index (κ1) is 22.8. The topological polar surface area (TPSA) is 114 Å². The van der Waals surface area contributed by atoms with Crippen molar-refractivity contribution < 1.29 is 37.1 Å². The lowest BCUT2D eigenvalue weighted by atomic mass is 9.91. The van der Waals surface area contributed by atoms with Gasteiger partial charge in [0.05, 0.1) is 16.8 Å². The Labute approximate surface area is 180 Å². The molecule has 1 aliphatic heterocycles. The minimum absolute atomic E-state index is 0.0393. The van der Waals surface area contributed by atoms with Crippen LogP contribution in [0, 0.1) is 0 Å². The van der Waals surface area contributed by atoms with Crippen LogP contribution in [0.5, 0.6) is 0 Å². The van der Waals surface area contributed by atoms with Crippen molar-refractivity contribution in [3.63, 3.8) is 0 Å². The van der Waals surface area contributed by atoms with Crippen molar-refractivity contribution in [2.45, 2.75) is 31.7 Å². The monoisotopic (exact) mass is 449 g/mol. The Kier molecular flexibility index (Phi) is 5.93. The number of urea groups is 1. The summed E-state index contributed by atoms with van der Waals surface area (Å²) in [7, 11) is 0. The van der Waals surface area contributed by atoms with Gasteiger partial charge in [-0.25, -0.2) is 9.59 Å². The van der Waals surface area contributed by atoms with E-state index >= 15 is 0 Å². The maximum Gasteiger partial charge on any atom is 0.418 e. The largest absolute Gasteiger partial charge is 0.449 e. The summed E-state index contributed by atoms with van der Waals surface area (Å²) in [6.45, 7) is 2.71. The second-order valence-corrected chi connectivity index (χ2v) is 7.19. The van der Waals surface area contributed by atoms with Crippen LogP contribution in [-0.2, 0) is 26.0 Å². The Morgan fingerprint density at radius 2 is 1.69 bits per heavy atom. The fourth-order valence-electron chi connectivity index (χ4n) is 3.04. The van der Waals surface area contributed by atoms with E-state index < -0.39 is 52.9 Å². The summed E-state index contributed by atoms with van der Waals surface area (Å²) in [5.74, 6) is -2.39. The molecule has 2 aromatic rings. The fourth-order valence-corrected chi connectivity index (χ4v) is 3.04. The number of hydrogen-bond donors (Lipinski definition) is 3. The van der Waals surface area contributed by atoms with Gasteiger partial charge in [-0.2, -0.15) is 13.2 Å². The van der Waals surface area contributed by atoms with E-state index in [2.05, 4.69) is 16.0 Å². The molecule has 0 radical (unpaired) electrons. The van der Waals surface area contributed by atoms with Gasteiger partial charge in [-0.15, -0.1) is 0 Å². The first-order chi connectivity index (χ1) is 14.9. The normalized spacial score (nSPS) is 19.0. The number of para-hydroxylation sites is 1. The molecule has 0 aromatic heterocycles. The molecule has 0 aliphatic carbocycles. The summed E-state index contributed by atoms with van der Waals surface area (Å²) in [4.78, 5) is 48.0. The number of carbonyl (C=O) groups is 4. The average molecular weight is 449 g/mol. The number of nitrogens with one attached hydrogen (secondary N) is 3. The highest BCUT2D eigenvalue weighted by molar-refractivity contribution is 6.07. The highest BCUT2D eigenvalue weighted by Crippen LogP contribution is 2.34. The lowest BCUT2D eigenvalue weighted by Gasteiger charge is -2.21. The highest BCUT2D eigenvalue weighted by atomic mass is 19.4. The Balaban J connectivity index is 1.67. The van der Waals surface area contributed by atoms with Crippen molar-refractivity contribution >= 4 is 29.5 Å². The summed E-state index contributed by atoms with van der Waals surface area (Å²) < 4.78 is 44.2. The van der Waals surface area contributed by atoms with Crippen molar-refractivity contribution in [3.8, 4) is 0 Å². The van der Waals surface area contributed by atoms with Gasteiger partial charge in [0.15, 0.2) is 6.10 Å². The van der Waals surface area contributed by atoms with Gasteiger partial charge in [-0.1, -0.05) is 24.3 Å². The van der Waals surface area contributed by atoms with Crippen LogP contribution in [0.25, 0.3) is 0 Å².